The maximum absolute atomic E-state index is 6.17. The molecule has 0 radical (unpaired) electrons. The first kappa shape index (κ1) is 17.1. The summed E-state index contributed by atoms with van der Waals surface area (Å²) in [4.78, 5) is 6.82. The van der Waals surface area contributed by atoms with E-state index in [9.17, 15) is 0 Å². The molecule has 1 fully saturated rings. The van der Waals surface area contributed by atoms with Gasteiger partial charge in [-0.2, -0.15) is 0 Å². The minimum atomic E-state index is 0.680. The molecule has 22 heavy (non-hydrogen) atoms. The molecule has 0 aromatic heterocycles. The lowest BCUT2D eigenvalue weighted by Gasteiger charge is -2.33. The van der Waals surface area contributed by atoms with Crippen LogP contribution in [-0.2, 0) is 6.54 Å². The number of benzene rings is 1. The lowest BCUT2D eigenvalue weighted by Crippen LogP contribution is -2.45. The average Bonchev–Trinajstić information content (AvgIpc) is 2.54. The summed E-state index contributed by atoms with van der Waals surface area (Å²) >= 11 is 6.17. The highest BCUT2D eigenvalue weighted by Gasteiger charge is 2.17. The molecule has 1 aliphatic rings. The van der Waals surface area contributed by atoms with Crippen molar-refractivity contribution < 1.29 is 0 Å². The van der Waals surface area contributed by atoms with Crippen LogP contribution < -0.4 is 10.6 Å². The van der Waals surface area contributed by atoms with Crippen molar-refractivity contribution in [3.05, 3.63) is 34.9 Å². The Morgan fingerprint density at radius 2 is 2.14 bits per heavy atom. The molecule has 1 saturated heterocycles. The van der Waals surface area contributed by atoms with Crippen molar-refractivity contribution in [3.8, 4) is 0 Å². The zero-order valence-corrected chi connectivity index (χ0v) is 14.4. The lowest BCUT2D eigenvalue weighted by molar-refractivity contribution is 0.163. The lowest BCUT2D eigenvalue weighted by atomic mass is 10.0. The van der Waals surface area contributed by atoms with Gasteiger partial charge in [0.05, 0.1) is 0 Å². The quantitative estimate of drug-likeness (QED) is 0.647. The molecule has 1 heterocycles. The molecule has 0 bridgehead atoms. The monoisotopic (exact) mass is 322 g/mol. The van der Waals surface area contributed by atoms with Gasteiger partial charge < -0.3 is 10.6 Å². The van der Waals surface area contributed by atoms with E-state index in [0.29, 0.717) is 12.6 Å². The van der Waals surface area contributed by atoms with Crippen molar-refractivity contribution in [1.29, 1.82) is 0 Å². The van der Waals surface area contributed by atoms with Gasteiger partial charge in [-0.05, 0) is 37.9 Å². The molecule has 0 spiro atoms. The number of nitrogens with zero attached hydrogens (tertiary/aromatic N) is 2. The molecule has 1 atom stereocenters. The highest BCUT2D eigenvalue weighted by molar-refractivity contribution is 6.31. The molecule has 2 N–H and O–H groups in total. The van der Waals surface area contributed by atoms with Gasteiger partial charge in [0, 0.05) is 37.7 Å². The van der Waals surface area contributed by atoms with Gasteiger partial charge in [-0.3, -0.25) is 9.89 Å². The predicted octanol–water partition coefficient (Wildman–Crippen LogP) is 2.88. The van der Waals surface area contributed by atoms with Crippen molar-refractivity contribution in [3.63, 3.8) is 0 Å². The minimum absolute atomic E-state index is 0.680. The van der Waals surface area contributed by atoms with Crippen LogP contribution in [0.15, 0.2) is 29.3 Å². The Morgan fingerprint density at radius 1 is 1.32 bits per heavy atom. The first-order valence-electron chi connectivity index (χ1n) is 8.12. The van der Waals surface area contributed by atoms with Crippen LogP contribution in [0.3, 0.4) is 0 Å². The van der Waals surface area contributed by atoms with Gasteiger partial charge in [0.25, 0.3) is 0 Å². The number of hydrogen-bond donors (Lipinski definition) is 2. The third-order valence-electron chi connectivity index (χ3n) is 4.26. The molecule has 1 aromatic carbocycles. The summed E-state index contributed by atoms with van der Waals surface area (Å²) in [5.41, 5.74) is 1.08. The van der Waals surface area contributed by atoms with Crippen LogP contribution in [0.4, 0.5) is 0 Å². The molecule has 2 rings (SSSR count). The van der Waals surface area contributed by atoms with Crippen molar-refractivity contribution in [2.24, 2.45) is 4.99 Å². The normalized spacial score (nSPS) is 20.0. The van der Waals surface area contributed by atoms with Gasteiger partial charge in [0.1, 0.15) is 0 Å². The molecule has 0 saturated carbocycles. The number of nitrogens with one attached hydrogen (secondary N) is 2. The van der Waals surface area contributed by atoms with E-state index < -0.39 is 0 Å². The molecule has 0 amide bonds. The Kier molecular flexibility index (Phi) is 7.00. The van der Waals surface area contributed by atoms with Crippen LogP contribution in [0.1, 0.15) is 31.7 Å². The smallest absolute Gasteiger partial charge is 0.191 e. The van der Waals surface area contributed by atoms with Gasteiger partial charge >= 0.3 is 0 Å². The van der Waals surface area contributed by atoms with Crippen molar-refractivity contribution in [1.82, 2.24) is 15.5 Å². The number of guanidine groups is 1. The second-order valence-corrected chi connectivity index (χ2v) is 6.23. The van der Waals surface area contributed by atoms with Crippen molar-refractivity contribution in [2.45, 2.75) is 38.8 Å². The van der Waals surface area contributed by atoms with Gasteiger partial charge in [0.2, 0.25) is 0 Å². The van der Waals surface area contributed by atoms with E-state index in [2.05, 4.69) is 27.4 Å². The van der Waals surface area contributed by atoms with Crippen LogP contribution in [0.25, 0.3) is 0 Å². The molecule has 4 nitrogen and oxygen atoms in total. The summed E-state index contributed by atoms with van der Waals surface area (Å²) < 4.78 is 0. The van der Waals surface area contributed by atoms with E-state index in [4.69, 9.17) is 11.6 Å². The maximum Gasteiger partial charge on any atom is 0.191 e. The third kappa shape index (κ3) is 5.18. The van der Waals surface area contributed by atoms with Crippen LogP contribution in [0.5, 0.6) is 0 Å². The predicted molar refractivity (Wildman–Crippen MR) is 94.5 cm³/mol. The topological polar surface area (TPSA) is 39.7 Å². The van der Waals surface area contributed by atoms with E-state index in [0.717, 1.165) is 29.6 Å². The molecule has 1 unspecified atom stereocenters. The van der Waals surface area contributed by atoms with Crippen molar-refractivity contribution in [2.75, 3.05) is 26.7 Å². The van der Waals surface area contributed by atoms with Crippen molar-refractivity contribution >= 4 is 17.6 Å². The summed E-state index contributed by atoms with van der Waals surface area (Å²) in [7, 11) is 1.80. The molecule has 1 aliphatic heterocycles. The molecular weight excluding hydrogens is 296 g/mol. The van der Waals surface area contributed by atoms with Gasteiger partial charge in [-0.1, -0.05) is 36.2 Å². The summed E-state index contributed by atoms with van der Waals surface area (Å²) in [6.07, 6.45) is 4.01. The summed E-state index contributed by atoms with van der Waals surface area (Å²) in [5, 5.41) is 7.48. The van der Waals surface area contributed by atoms with Crippen LogP contribution in [0, 0.1) is 0 Å². The summed E-state index contributed by atoms with van der Waals surface area (Å²) in [6, 6.07) is 8.58. The Hall–Kier alpha value is -1.26. The zero-order valence-electron chi connectivity index (χ0n) is 13.6. The molecule has 0 aliphatic carbocycles. The molecule has 5 heteroatoms. The summed E-state index contributed by atoms with van der Waals surface area (Å²) in [5.74, 6) is 0.824. The molecule has 122 valence electrons. The number of piperidine rings is 1. The third-order valence-corrected chi connectivity index (χ3v) is 4.63. The number of halogens is 1. The SMILES string of the molecule is CN=C(NCCN1CCCCC1C)NCc1ccccc1Cl. The fourth-order valence-corrected chi connectivity index (χ4v) is 3.05. The van der Waals surface area contributed by atoms with E-state index >= 15 is 0 Å². The van der Waals surface area contributed by atoms with E-state index in [-0.39, 0.29) is 0 Å². The number of likely N-dealkylation sites (tertiary alicyclic amines) is 1. The van der Waals surface area contributed by atoms with E-state index in [1.54, 1.807) is 7.05 Å². The second kappa shape index (κ2) is 9.01. The summed E-state index contributed by atoms with van der Waals surface area (Å²) in [6.45, 7) is 6.19. The van der Waals surface area contributed by atoms with Crippen LogP contribution in [0.2, 0.25) is 5.02 Å². The molecular formula is C17H27ClN4. The van der Waals surface area contributed by atoms with Gasteiger partial charge in [-0.15, -0.1) is 0 Å². The van der Waals surface area contributed by atoms with Crippen LogP contribution >= 0.6 is 11.6 Å². The Morgan fingerprint density at radius 3 is 2.86 bits per heavy atom. The maximum atomic E-state index is 6.17. The first-order valence-corrected chi connectivity index (χ1v) is 8.50. The number of rotatable bonds is 5. The van der Waals surface area contributed by atoms with Gasteiger partial charge in [0.15, 0.2) is 5.96 Å². The van der Waals surface area contributed by atoms with E-state index in [1.165, 1.54) is 25.8 Å². The highest BCUT2D eigenvalue weighted by atomic mass is 35.5. The second-order valence-electron chi connectivity index (χ2n) is 5.82. The zero-order chi connectivity index (χ0) is 15.8. The first-order chi connectivity index (χ1) is 10.7. The standard InChI is InChI=1S/C17H27ClN4/c1-14-7-5-6-11-22(14)12-10-20-17(19-2)21-13-15-8-3-4-9-16(15)18/h3-4,8-9,14H,5-7,10-13H2,1-2H3,(H2,19,20,21). The Bertz CT molecular complexity index is 489. The number of hydrogen-bond acceptors (Lipinski definition) is 2. The fraction of sp³-hybridized carbons (Fsp3) is 0.588. The Balaban J connectivity index is 1.72. The van der Waals surface area contributed by atoms with E-state index in [1.807, 2.05) is 24.3 Å². The minimum Gasteiger partial charge on any atom is -0.355 e. The average molecular weight is 323 g/mol. The largest absolute Gasteiger partial charge is 0.355 e. The highest BCUT2D eigenvalue weighted by Crippen LogP contribution is 2.15. The number of aliphatic imine (C=N–C) groups is 1. The molecule has 1 aromatic rings. The fourth-order valence-electron chi connectivity index (χ4n) is 2.85. The van der Waals surface area contributed by atoms with Crippen LogP contribution in [-0.4, -0.2) is 43.6 Å². The van der Waals surface area contributed by atoms with Gasteiger partial charge in [-0.25, -0.2) is 0 Å². The Labute approximate surface area is 138 Å².